The highest BCUT2D eigenvalue weighted by atomic mass is 32.1. The van der Waals surface area contributed by atoms with Crippen LogP contribution in [0.15, 0.2) is 222 Å². The number of allylic oxidation sites excluding steroid dienone is 3. The first-order chi connectivity index (χ1) is 32.5. The number of aliphatic imine (C=N–C) groups is 2. The lowest BCUT2D eigenvalue weighted by Crippen LogP contribution is -2.07. The molecule has 0 radical (unpaired) electrons. The minimum absolute atomic E-state index is 0.184. The van der Waals surface area contributed by atoms with Gasteiger partial charge in [0.05, 0.1) is 11.4 Å². The summed E-state index contributed by atoms with van der Waals surface area (Å²) in [7, 11) is 0. The van der Waals surface area contributed by atoms with Gasteiger partial charge in [0.1, 0.15) is 0 Å². The van der Waals surface area contributed by atoms with Gasteiger partial charge < -0.3 is 0 Å². The standard InChI is InChI=1S/C60H45N5S/c1-41-52(35-30-42-18-7-2-8-19-42)54-38-51(56-39-55(63-60(64-56)49-27-15-6-16-28-49)46-33-31-45(32-34-46)44-21-9-3-10-22-44)37-53(57(54)66-41)50-29-17-20-43(36-50)40-62-59(48-25-13-5-14-26-48)65-58(61)47-23-11-4-12-24-47/h2-13,15-25,27-40,61H,14,26H2,1H3/b35-30+,61-58?,62-40+,65-59-. The number of hydrogen-bond donors (Lipinski definition) is 1. The molecule has 6 heteroatoms. The number of fused-ring (bicyclic) bond motifs is 1. The van der Waals surface area contributed by atoms with Crippen LogP contribution in [0.1, 0.15) is 40.0 Å². The van der Waals surface area contributed by atoms with Crippen LogP contribution in [-0.4, -0.2) is 27.9 Å². The fraction of sp³-hybridized carbons (Fsp3) is 0.0500. The Morgan fingerprint density at radius 2 is 1.21 bits per heavy atom. The summed E-state index contributed by atoms with van der Waals surface area (Å²) in [6.07, 6.45) is 14.3. The van der Waals surface area contributed by atoms with Gasteiger partial charge in [-0.1, -0.05) is 194 Å². The second kappa shape index (κ2) is 19.3. The maximum absolute atomic E-state index is 8.82. The summed E-state index contributed by atoms with van der Waals surface area (Å²) in [6.45, 7) is 2.21. The van der Waals surface area contributed by atoms with Gasteiger partial charge in [-0.25, -0.2) is 20.0 Å². The number of nitrogens with one attached hydrogen (secondary N) is 1. The van der Waals surface area contributed by atoms with E-state index >= 15 is 0 Å². The molecule has 0 bridgehead atoms. The molecule has 0 spiro atoms. The van der Waals surface area contributed by atoms with Gasteiger partial charge in [-0.05, 0) is 83.0 Å². The fourth-order valence-corrected chi connectivity index (χ4v) is 9.39. The van der Waals surface area contributed by atoms with Crippen LogP contribution in [-0.2, 0) is 0 Å². The molecule has 9 aromatic rings. The number of thiophene rings is 1. The van der Waals surface area contributed by atoms with Gasteiger partial charge in [-0.3, -0.25) is 5.41 Å². The largest absolute Gasteiger partial charge is 0.282 e. The number of amidine groups is 2. The van der Waals surface area contributed by atoms with Crippen molar-refractivity contribution in [1.29, 1.82) is 5.41 Å². The highest BCUT2D eigenvalue weighted by molar-refractivity contribution is 7.20. The molecule has 2 aromatic heterocycles. The van der Waals surface area contributed by atoms with E-state index < -0.39 is 0 Å². The number of rotatable bonds is 10. The van der Waals surface area contributed by atoms with Crippen LogP contribution in [0.2, 0.25) is 0 Å². The van der Waals surface area contributed by atoms with Crippen LogP contribution in [0.5, 0.6) is 0 Å². The van der Waals surface area contributed by atoms with Crippen molar-refractivity contribution in [3.05, 3.63) is 239 Å². The van der Waals surface area contributed by atoms with Crippen molar-refractivity contribution in [1.82, 2.24) is 9.97 Å². The molecule has 0 amide bonds. The Labute approximate surface area is 389 Å². The first-order valence-corrected chi connectivity index (χ1v) is 23.0. The van der Waals surface area contributed by atoms with Gasteiger partial charge in [-0.2, -0.15) is 0 Å². The van der Waals surface area contributed by atoms with Gasteiger partial charge in [0.2, 0.25) is 0 Å². The molecular weight excluding hydrogens is 823 g/mol. The van der Waals surface area contributed by atoms with Crippen molar-refractivity contribution in [2.75, 3.05) is 0 Å². The third-order valence-electron chi connectivity index (χ3n) is 11.7. The van der Waals surface area contributed by atoms with Gasteiger partial charge in [0.25, 0.3) is 0 Å². The van der Waals surface area contributed by atoms with E-state index in [-0.39, 0.29) is 5.84 Å². The van der Waals surface area contributed by atoms with E-state index in [0.717, 1.165) is 85.3 Å². The molecule has 1 aliphatic carbocycles. The lowest BCUT2D eigenvalue weighted by Gasteiger charge is -2.13. The Morgan fingerprint density at radius 3 is 1.92 bits per heavy atom. The Kier molecular flexibility index (Phi) is 12.2. The molecule has 5 nitrogen and oxygen atoms in total. The van der Waals surface area contributed by atoms with E-state index in [0.29, 0.717) is 11.7 Å². The Morgan fingerprint density at radius 1 is 0.591 bits per heavy atom. The molecule has 66 heavy (non-hydrogen) atoms. The lowest BCUT2D eigenvalue weighted by molar-refractivity contribution is 1.000. The molecule has 1 N–H and O–H groups in total. The van der Waals surface area contributed by atoms with Crippen LogP contribution in [0.4, 0.5) is 0 Å². The molecule has 316 valence electrons. The molecule has 0 fully saturated rings. The van der Waals surface area contributed by atoms with Crippen LogP contribution >= 0.6 is 11.3 Å². The van der Waals surface area contributed by atoms with Crippen molar-refractivity contribution in [3.63, 3.8) is 0 Å². The zero-order valence-electron chi connectivity index (χ0n) is 36.5. The highest BCUT2D eigenvalue weighted by Gasteiger charge is 2.18. The van der Waals surface area contributed by atoms with Crippen molar-refractivity contribution in [3.8, 4) is 56.2 Å². The third kappa shape index (κ3) is 9.36. The molecule has 2 heterocycles. The molecule has 0 saturated carbocycles. The quantitative estimate of drug-likeness (QED) is 0.110. The predicted molar refractivity (Wildman–Crippen MR) is 279 cm³/mol. The molecule has 0 atom stereocenters. The molecule has 0 aliphatic heterocycles. The molecular formula is C60H45N5S. The zero-order valence-corrected chi connectivity index (χ0v) is 37.3. The monoisotopic (exact) mass is 867 g/mol. The molecule has 10 rings (SSSR count). The van der Waals surface area contributed by atoms with Crippen molar-refractivity contribution in [2.24, 2.45) is 9.98 Å². The molecule has 1 aliphatic rings. The third-order valence-corrected chi connectivity index (χ3v) is 12.9. The first-order valence-electron chi connectivity index (χ1n) is 22.2. The molecule has 7 aromatic carbocycles. The van der Waals surface area contributed by atoms with Crippen LogP contribution in [0.3, 0.4) is 0 Å². The number of hydrogen-bond acceptors (Lipinski definition) is 4. The first kappa shape index (κ1) is 41.8. The normalized spacial score (nSPS) is 12.9. The van der Waals surface area contributed by atoms with Crippen molar-refractivity contribution in [2.45, 2.75) is 19.8 Å². The summed E-state index contributed by atoms with van der Waals surface area (Å²) in [5.41, 5.74) is 14.2. The van der Waals surface area contributed by atoms with E-state index in [2.05, 4.69) is 159 Å². The van der Waals surface area contributed by atoms with Crippen molar-refractivity contribution < 1.29 is 0 Å². The van der Waals surface area contributed by atoms with Crippen LogP contribution in [0.25, 0.3) is 78.4 Å². The zero-order chi connectivity index (χ0) is 44.7. The Hall–Kier alpha value is -8.19. The fourth-order valence-electron chi connectivity index (χ4n) is 8.23. The maximum atomic E-state index is 8.82. The van der Waals surface area contributed by atoms with E-state index in [9.17, 15) is 0 Å². The number of aryl methyl sites for hydroxylation is 1. The predicted octanol–water partition coefficient (Wildman–Crippen LogP) is 15.6. The van der Waals surface area contributed by atoms with E-state index in [1.165, 1.54) is 20.7 Å². The molecule has 0 unspecified atom stereocenters. The summed E-state index contributed by atoms with van der Waals surface area (Å²) in [6, 6.07) is 64.6. The second-order valence-electron chi connectivity index (χ2n) is 16.2. The smallest absolute Gasteiger partial charge is 0.160 e. The van der Waals surface area contributed by atoms with Gasteiger partial charge >= 0.3 is 0 Å². The lowest BCUT2D eigenvalue weighted by atomic mass is 9.95. The second-order valence-corrected chi connectivity index (χ2v) is 17.4. The number of nitrogens with zero attached hydrogens (tertiary/aromatic N) is 4. The van der Waals surface area contributed by atoms with Crippen LogP contribution < -0.4 is 0 Å². The van der Waals surface area contributed by atoms with E-state index in [1.54, 1.807) is 0 Å². The summed E-state index contributed by atoms with van der Waals surface area (Å²) >= 11 is 1.81. The summed E-state index contributed by atoms with van der Waals surface area (Å²) in [5.74, 6) is 1.40. The average Bonchev–Trinajstić information content (AvgIpc) is 3.72. The van der Waals surface area contributed by atoms with Crippen molar-refractivity contribution >= 4 is 51.5 Å². The Balaban J connectivity index is 1.11. The van der Waals surface area contributed by atoms with E-state index in [4.69, 9.17) is 25.4 Å². The summed E-state index contributed by atoms with van der Waals surface area (Å²) in [4.78, 5) is 21.5. The number of benzene rings is 7. The average molecular weight is 868 g/mol. The van der Waals surface area contributed by atoms with Crippen LogP contribution in [0, 0.1) is 12.3 Å². The van der Waals surface area contributed by atoms with Gasteiger partial charge in [0, 0.05) is 49.0 Å². The highest BCUT2D eigenvalue weighted by Crippen LogP contribution is 2.43. The molecule has 0 saturated heterocycles. The SMILES string of the molecule is Cc1sc2c(-c3cccc(/C=N/C(=N\C(=N)c4ccccc4)C4=CC=CCC4)c3)cc(-c3cc(-c4ccc(-c5ccccc5)cc4)nc(-c4ccccc4)n3)cc2c1/C=C/c1ccccc1. The van der Waals surface area contributed by atoms with Gasteiger partial charge in [0.15, 0.2) is 17.5 Å². The van der Waals surface area contributed by atoms with Gasteiger partial charge in [-0.15, -0.1) is 11.3 Å². The minimum Gasteiger partial charge on any atom is -0.282 e. The summed E-state index contributed by atoms with van der Waals surface area (Å²) in [5, 5.41) is 9.98. The topological polar surface area (TPSA) is 74.3 Å². The number of aromatic nitrogens is 2. The Bertz CT molecular complexity index is 3350. The maximum Gasteiger partial charge on any atom is 0.160 e. The minimum atomic E-state index is 0.184. The summed E-state index contributed by atoms with van der Waals surface area (Å²) < 4.78 is 1.20. The van der Waals surface area contributed by atoms with E-state index in [1.807, 2.05) is 84.3 Å².